The van der Waals surface area contributed by atoms with Crippen molar-refractivity contribution in [2.45, 2.75) is 31.7 Å². The Hall–Kier alpha value is -5.64. The molecule has 0 aliphatic carbocycles. The summed E-state index contributed by atoms with van der Waals surface area (Å²) in [4.78, 5) is 51.5. The van der Waals surface area contributed by atoms with Gasteiger partial charge in [0.05, 0.1) is 25.4 Å². The Kier molecular flexibility index (Phi) is 10.3. The lowest BCUT2D eigenvalue weighted by atomic mass is 10.0. The van der Waals surface area contributed by atoms with Crippen molar-refractivity contribution in [1.82, 2.24) is 5.32 Å². The highest BCUT2D eigenvalue weighted by atomic mass is 16.5. The van der Waals surface area contributed by atoms with Crippen LogP contribution in [0.1, 0.15) is 45.9 Å². The van der Waals surface area contributed by atoms with E-state index in [1.54, 1.807) is 59.5 Å². The smallest absolute Gasteiger partial charge is 0.326 e. The molecule has 1 aliphatic heterocycles. The first-order valence-corrected chi connectivity index (χ1v) is 15.1. The van der Waals surface area contributed by atoms with Gasteiger partial charge in [-0.05, 0) is 72.0 Å². The summed E-state index contributed by atoms with van der Waals surface area (Å²) in [7, 11) is 1.52. The van der Waals surface area contributed by atoms with Crippen LogP contribution in [0.3, 0.4) is 0 Å². The maximum absolute atomic E-state index is 13.0. The molecule has 3 amide bonds. The molecule has 0 fully saturated rings. The molecule has 4 N–H and O–H groups in total. The Morgan fingerprint density at radius 3 is 2.39 bits per heavy atom. The number of carboxylic acid groups (broad SMARTS) is 1. The molecule has 4 aromatic carbocycles. The molecule has 4 aromatic rings. The van der Waals surface area contributed by atoms with Crippen LogP contribution in [-0.2, 0) is 22.4 Å². The molecule has 1 unspecified atom stereocenters. The van der Waals surface area contributed by atoms with Gasteiger partial charge in [0.25, 0.3) is 5.91 Å². The Balaban J connectivity index is 1.15. The van der Waals surface area contributed by atoms with E-state index in [-0.39, 0.29) is 43.5 Å². The maximum atomic E-state index is 13.0. The second-order valence-corrected chi connectivity index (χ2v) is 11.0. The van der Waals surface area contributed by atoms with Crippen LogP contribution in [0, 0.1) is 0 Å². The van der Waals surface area contributed by atoms with Crippen LogP contribution in [0.15, 0.2) is 97.1 Å². The summed E-state index contributed by atoms with van der Waals surface area (Å²) >= 11 is 0. The zero-order valence-corrected chi connectivity index (χ0v) is 25.5. The number of para-hydroxylation sites is 1. The molecule has 236 valence electrons. The maximum Gasteiger partial charge on any atom is 0.326 e. The highest BCUT2D eigenvalue weighted by Crippen LogP contribution is 2.31. The second-order valence-electron chi connectivity index (χ2n) is 11.0. The molecular formula is C36H36N4O6. The van der Waals surface area contributed by atoms with E-state index < -0.39 is 12.0 Å². The number of ketones is 1. The van der Waals surface area contributed by atoms with Gasteiger partial charge in [0.15, 0.2) is 5.78 Å². The number of Topliss-reactive ketones (excluding diaryl/α,β-unsaturated/α-hetero) is 1. The predicted octanol–water partition coefficient (Wildman–Crippen LogP) is 5.85. The quantitative estimate of drug-likeness (QED) is 0.147. The number of benzene rings is 4. The van der Waals surface area contributed by atoms with Gasteiger partial charge in [-0.2, -0.15) is 0 Å². The zero-order valence-electron chi connectivity index (χ0n) is 25.5. The van der Waals surface area contributed by atoms with Gasteiger partial charge in [0.2, 0.25) is 0 Å². The van der Waals surface area contributed by atoms with E-state index in [2.05, 4.69) is 16.0 Å². The van der Waals surface area contributed by atoms with Crippen LogP contribution >= 0.6 is 0 Å². The van der Waals surface area contributed by atoms with Crippen LogP contribution < -0.4 is 25.6 Å². The summed E-state index contributed by atoms with van der Waals surface area (Å²) in [6, 6.07) is 28.3. The lowest BCUT2D eigenvalue weighted by molar-refractivity contribution is -0.137. The van der Waals surface area contributed by atoms with E-state index in [9.17, 15) is 24.3 Å². The number of rotatable bonds is 13. The summed E-state index contributed by atoms with van der Waals surface area (Å²) in [5, 5.41) is 18.2. The molecule has 0 saturated heterocycles. The summed E-state index contributed by atoms with van der Waals surface area (Å²) in [5.41, 5.74) is 5.27. The van der Waals surface area contributed by atoms with Gasteiger partial charge in [0.1, 0.15) is 5.75 Å². The van der Waals surface area contributed by atoms with Gasteiger partial charge in [-0.15, -0.1) is 0 Å². The van der Waals surface area contributed by atoms with Crippen LogP contribution in [0.4, 0.5) is 21.9 Å². The number of aliphatic carboxylic acids is 1. The molecule has 5 rings (SSSR count). The molecule has 46 heavy (non-hydrogen) atoms. The van der Waals surface area contributed by atoms with Crippen LogP contribution in [0.5, 0.6) is 5.75 Å². The van der Waals surface area contributed by atoms with Gasteiger partial charge in [-0.3, -0.25) is 19.3 Å². The molecule has 10 heteroatoms. The summed E-state index contributed by atoms with van der Waals surface area (Å²) in [6.07, 6.45) is 1.11. The van der Waals surface area contributed by atoms with Crippen LogP contribution in [0.2, 0.25) is 0 Å². The average Bonchev–Trinajstić information content (AvgIpc) is 3.51. The predicted molar refractivity (Wildman–Crippen MR) is 177 cm³/mol. The van der Waals surface area contributed by atoms with Gasteiger partial charge in [-0.25, -0.2) is 4.79 Å². The van der Waals surface area contributed by atoms with Crippen molar-refractivity contribution in [1.29, 1.82) is 0 Å². The van der Waals surface area contributed by atoms with Crippen molar-refractivity contribution in [2.24, 2.45) is 0 Å². The highest BCUT2D eigenvalue weighted by molar-refractivity contribution is 6.04. The normalized spacial score (nSPS) is 12.5. The number of carbonyl (C=O) groups is 4. The molecule has 0 saturated carbocycles. The van der Waals surface area contributed by atoms with Gasteiger partial charge < -0.3 is 25.8 Å². The number of methoxy groups -OCH3 is 1. The summed E-state index contributed by atoms with van der Waals surface area (Å²) < 4.78 is 5.52. The number of nitrogens with zero attached hydrogens (tertiary/aromatic N) is 1. The van der Waals surface area contributed by atoms with Gasteiger partial charge in [-0.1, -0.05) is 54.6 Å². The fourth-order valence-corrected chi connectivity index (χ4v) is 5.43. The Labute approximate surface area is 267 Å². The van der Waals surface area contributed by atoms with Crippen LogP contribution in [0.25, 0.3) is 0 Å². The van der Waals surface area contributed by atoms with E-state index in [1.807, 2.05) is 42.5 Å². The van der Waals surface area contributed by atoms with Crippen LogP contribution in [-0.4, -0.2) is 49.0 Å². The van der Waals surface area contributed by atoms with Crippen molar-refractivity contribution in [3.8, 4) is 5.75 Å². The molecule has 0 radical (unpaired) electrons. The molecular weight excluding hydrogens is 584 g/mol. The van der Waals surface area contributed by atoms with Crippen molar-refractivity contribution >= 4 is 40.8 Å². The number of hydrogen-bond acceptors (Lipinski definition) is 6. The first kappa shape index (κ1) is 31.8. The third-order valence-corrected chi connectivity index (χ3v) is 7.83. The minimum absolute atomic E-state index is 0.0500. The summed E-state index contributed by atoms with van der Waals surface area (Å²) in [5.74, 6) is -0.813. The largest absolute Gasteiger partial charge is 0.495 e. The first-order valence-electron chi connectivity index (χ1n) is 15.1. The lowest BCUT2D eigenvalue weighted by Gasteiger charge is -2.19. The number of fused-ring (bicyclic) bond motifs is 1. The second kappa shape index (κ2) is 14.9. The number of anilines is 3. The Bertz CT molecular complexity index is 1710. The Morgan fingerprint density at radius 2 is 1.65 bits per heavy atom. The number of nitrogens with one attached hydrogen (secondary N) is 3. The number of ether oxygens (including phenoxy) is 1. The molecule has 10 nitrogen and oxygen atoms in total. The number of amides is 3. The lowest BCUT2D eigenvalue weighted by Crippen LogP contribution is -2.33. The van der Waals surface area contributed by atoms with Crippen molar-refractivity contribution < 1.29 is 29.0 Å². The number of carbonyl (C=O) groups excluding carboxylic acids is 3. The monoisotopic (exact) mass is 620 g/mol. The first-order chi connectivity index (χ1) is 22.3. The topological polar surface area (TPSA) is 137 Å². The fraction of sp³-hybridized carbons (Fsp3) is 0.222. The third-order valence-electron chi connectivity index (χ3n) is 7.83. The van der Waals surface area contributed by atoms with Gasteiger partial charge in [0, 0.05) is 36.3 Å². The Morgan fingerprint density at radius 1 is 0.913 bits per heavy atom. The number of hydrogen-bond donors (Lipinski definition) is 4. The SMILES string of the molecule is COc1cc(CC(=O)CNc2ccc(C(CCC(=O)O)NC(=O)c3ccccc3)cc2)ccc1NC(=O)N1CCc2ccccc21. The molecule has 1 aliphatic rings. The van der Waals surface area contributed by atoms with E-state index in [0.29, 0.717) is 29.2 Å². The van der Waals surface area contributed by atoms with Crippen molar-refractivity contribution in [3.05, 3.63) is 119 Å². The molecule has 0 aromatic heterocycles. The van der Waals surface area contributed by atoms with E-state index in [4.69, 9.17) is 4.74 Å². The molecule has 1 atom stereocenters. The zero-order chi connectivity index (χ0) is 32.5. The highest BCUT2D eigenvalue weighted by Gasteiger charge is 2.25. The molecule has 0 spiro atoms. The van der Waals surface area contributed by atoms with Gasteiger partial charge >= 0.3 is 12.0 Å². The molecule has 1 heterocycles. The minimum Gasteiger partial charge on any atom is -0.495 e. The third kappa shape index (κ3) is 8.09. The summed E-state index contributed by atoms with van der Waals surface area (Å²) in [6.45, 7) is 0.688. The van der Waals surface area contributed by atoms with E-state index in [0.717, 1.165) is 28.8 Å². The van der Waals surface area contributed by atoms with E-state index >= 15 is 0 Å². The fourth-order valence-electron chi connectivity index (χ4n) is 5.43. The van der Waals surface area contributed by atoms with Crippen molar-refractivity contribution in [3.63, 3.8) is 0 Å². The molecule has 0 bridgehead atoms. The average molecular weight is 621 g/mol. The van der Waals surface area contributed by atoms with E-state index in [1.165, 1.54) is 7.11 Å². The number of carboxylic acids is 1. The standard InChI is InChI=1S/C36H36N4O6/c1-46-33-22-24(11-16-31(33)39-36(45)40-20-19-26-7-5-6-10-32(26)40)21-29(41)23-37-28-14-12-25(13-15-28)30(17-18-34(42)43)38-35(44)27-8-3-2-4-9-27/h2-16,22,30,37H,17-21,23H2,1H3,(H,38,44)(H,39,45)(H,42,43). The number of urea groups is 1. The minimum atomic E-state index is -0.944. The van der Waals surface area contributed by atoms with Crippen molar-refractivity contribution in [2.75, 3.05) is 35.7 Å².